The molecule has 2 N–H and O–H groups in total. The lowest BCUT2D eigenvalue weighted by atomic mass is 10.00. The maximum Gasteiger partial charge on any atom is 0.119 e. The van der Waals surface area contributed by atoms with Crippen molar-refractivity contribution in [1.82, 2.24) is 0 Å². The zero-order chi connectivity index (χ0) is 14.8. The Hall–Kier alpha value is -2.03. The van der Waals surface area contributed by atoms with Gasteiger partial charge in [-0.1, -0.05) is 41.9 Å². The maximum atomic E-state index is 6.24. The summed E-state index contributed by atoms with van der Waals surface area (Å²) < 4.78 is 5.25. The zero-order valence-corrected chi connectivity index (χ0v) is 12.5. The van der Waals surface area contributed by atoms with Crippen LogP contribution in [0.1, 0.15) is 5.56 Å². The second-order valence-electron chi connectivity index (χ2n) is 4.94. The molecule has 0 bridgehead atoms. The standard InChI is InChI=1S/C18H16ClNO/c1-21-17-7-6-13-8-12(2-3-14(13)9-17)15-4-5-16(11-20)18(19)10-15/h2-10H,11,20H2,1H3. The van der Waals surface area contributed by atoms with Crippen LogP contribution in [-0.4, -0.2) is 7.11 Å². The number of hydrogen-bond acceptors (Lipinski definition) is 2. The third kappa shape index (κ3) is 2.73. The normalized spacial score (nSPS) is 10.8. The van der Waals surface area contributed by atoms with Crippen LogP contribution >= 0.6 is 11.6 Å². The van der Waals surface area contributed by atoms with Crippen molar-refractivity contribution in [2.75, 3.05) is 7.11 Å². The van der Waals surface area contributed by atoms with Crippen LogP contribution in [0.5, 0.6) is 5.75 Å². The number of rotatable bonds is 3. The average Bonchev–Trinajstić information content (AvgIpc) is 2.53. The molecule has 0 aliphatic carbocycles. The van der Waals surface area contributed by atoms with Gasteiger partial charge in [-0.3, -0.25) is 0 Å². The van der Waals surface area contributed by atoms with Gasteiger partial charge in [-0.2, -0.15) is 0 Å². The van der Waals surface area contributed by atoms with Crippen LogP contribution in [0.25, 0.3) is 21.9 Å². The fourth-order valence-electron chi connectivity index (χ4n) is 2.42. The molecule has 0 aliphatic heterocycles. The van der Waals surface area contributed by atoms with Crippen molar-refractivity contribution in [3.63, 3.8) is 0 Å². The molecule has 0 amide bonds. The summed E-state index contributed by atoms with van der Waals surface area (Å²) in [4.78, 5) is 0. The molecule has 0 atom stereocenters. The molecule has 0 saturated heterocycles. The van der Waals surface area contributed by atoms with E-state index in [4.69, 9.17) is 22.1 Å². The second-order valence-corrected chi connectivity index (χ2v) is 5.35. The van der Waals surface area contributed by atoms with E-state index in [0.717, 1.165) is 27.8 Å². The summed E-state index contributed by atoms with van der Waals surface area (Å²) in [5.74, 6) is 0.866. The molecular weight excluding hydrogens is 282 g/mol. The molecule has 0 unspecified atom stereocenters. The largest absolute Gasteiger partial charge is 0.497 e. The van der Waals surface area contributed by atoms with E-state index in [1.807, 2.05) is 24.3 Å². The van der Waals surface area contributed by atoms with Crippen molar-refractivity contribution < 1.29 is 4.74 Å². The molecule has 3 aromatic carbocycles. The molecule has 106 valence electrons. The molecule has 0 aromatic heterocycles. The summed E-state index contributed by atoms with van der Waals surface area (Å²) in [6.07, 6.45) is 0. The Kier molecular flexibility index (Phi) is 3.82. The van der Waals surface area contributed by atoms with E-state index >= 15 is 0 Å². The highest BCUT2D eigenvalue weighted by atomic mass is 35.5. The van der Waals surface area contributed by atoms with E-state index in [-0.39, 0.29) is 0 Å². The summed E-state index contributed by atoms with van der Waals surface area (Å²) in [5, 5.41) is 3.04. The van der Waals surface area contributed by atoms with E-state index in [1.54, 1.807) is 7.11 Å². The third-order valence-corrected chi connectivity index (χ3v) is 4.01. The van der Waals surface area contributed by atoms with E-state index in [1.165, 1.54) is 5.39 Å². The predicted molar refractivity (Wildman–Crippen MR) is 88.8 cm³/mol. The van der Waals surface area contributed by atoms with Gasteiger partial charge in [0.15, 0.2) is 0 Å². The molecule has 0 fully saturated rings. The lowest BCUT2D eigenvalue weighted by Crippen LogP contribution is -1.96. The van der Waals surface area contributed by atoms with Crippen LogP contribution in [0.4, 0.5) is 0 Å². The van der Waals surface area contributed by atoms with Gasteiger partial charge >= 0.3 is 0 Å². The summed E-state index contributed by atoms with van der Waals surface area (Å²) in [6, 6.07) is 18.4. The first-order valence-corrected chi connectivity index (χ1v) is 7.16. The fraction of sp³-hybridized carbons (Fsp3) is 0.111. The van der Waals surface area contributed by atoms with Crippen molar-refractivity contribution in [2.24, 2.45) is 5.73 Å². The van der Waals surface area contributed by atoms with Crippen LogP contribution < -0.4 is 10.5 Å². The van der Waals surface area contributed by atoms with Gasteiger partial charge in [-0.05, 0) is 51.7 Å². The van der Waals surface area contributed by atoms with Gasteiger partial charge in [0.2, 0.25) is 0 Å². The number of hydrogen-bond donors (Lipinski definition) is 1. The Bertz CT molecular complexity index is 798. The Morgan fingerprint density at radius 1 is 0.905 bits per heavy atom. The van der Waals surface area contributed by atoms with E-state index < -0.39 is 0 Å². The molecular formula is C18H16ClNO. The molecule has 21 heavy (non-hydrogen) atoms. The number of halogens is 1. The number of ether oxygens (including phenoxy) is 1. The highest BCUT2D eigenvalue weighted by Crippen LogP contribution is 2.29. The van der Waals surface area contributed by atoms with Crippen molar-refractivity contribution in [2.45, 2.75) is 6.54 Å². The Morgan fingerprint density at radius 3 is 2.29 bits per heavy atom. The smallest absolute Gasteiger partial charge is 0.119 e. The molecule has 0 radical (unpaired) electrons. The quantitative estimate of drug-likeness (QED) is 0.765. The first-order chi connectivity index (χ1) is 10.2. The van der Waals surface area contributed by atoms with Gasteiger partial charge in [0.05, 0.1) is 7.11 Å². The molecule has 0 saturated carbocycles. The highest BCUT2D eigenvalue weighted by Gasteiger charge is 2.04. The average molecular weight is 298 g/mol. The van der Waals surface area contributed by atoms with Gasteiger partial charge < -0.3 is 10.5 Å². The van der Waals surface area contributed by atoms with Crippen molar-refractivity contribution >= 4 is 22.4 Å². The fourth-order valence-corrected chi connectivity index (χ4v) is 2.68. The molecule has 0 aliphatic rings. The number of methoxy groups -OCH3 is 1. The summed E-state index contributed by atoms with van der Waals surface area (Å²) >= 11 is 6.24. The first kappa shape index (κ1) is 13.9. The Balaban J connectivity index is 2.06. The Morgan fingerprint density at radius 2 is 1.57 bits per heavy atom. The van der Waals surface area contributed by atoms with Crippen LogP contribution in [-0.2, 0) is 6.54 Å². The minimum Gasteiger partial charge on any atom is -0.497 e. The van der Waals surface area contributed by atoms with Gasteiger partial charge in [-0.15, -0.1) is 0 Å². The van der Waals surface area contributed by atoms with Gasteiger partial charge in [0.25, 0.3) is 0 Å². The number of nitrogens with two attached hydrogens (primary N) is 1. The van der Waals surface area contributed by atoms with Crippen LogP contribution in [0.15, 0.2) is 54.6 Å². The minimum atomic E-state index is 0.455. The molecule has 0 spiro atoms. The van der Waals surface area contributed by atoms with Gasteiger partial charge in [0.1, 0.15) is 5.75 Å². The predicted octanol–water partition coefficient (Wildman–Crippen LogP) is 4.63. The summed E-state index contributed by atoms with van der Waals surface area (Å²) in [7, 11) is 1.68. The lowest BCUT2D eigenvalue weighted by molar-refractivity contribution is 0.415. The maximum absolute atomic E-state index is 6.24. The van der Waals surface area contributed by atoms with Gasteiger partial charge in [-0.25, -0.2) is 0 Å². The van der Waals surface area contributed by atoms with Crippen LogP contribution in [0.3, 0.4) is 0 Å². The SMILES string of the molecule is COc1ccc2cc(-c3ccc(CN)c(Cl)c3)ccc2c1. The third-order valence-electron chi connectivity index (χ3n) is 3.65. The van der Waals surface area contributed by atoms with E-state index in [2.05, 4.69) is 30.3 Å². The number of benzene rings is 3. The topological polar surface area (TPSA) is 35.2 Å². The summed E-state index contributed by atoms with van der Waals surface area (Å²) in [5.41, 5.74) is 8.84. The Labute approximate surface area is 129 Å². The van der Waals surface area contributed by atoms with E-state index in [0.29, 0.717) is 11.6 Å². The molecule has 3 rings (SSSR count). The van der Waals surface area contributed by atoms with Crippen LogP contribution in [0.2, 0.25) is 5.02 Å². The van der Waals surface area contributed by atoms with Crippen molar-refractivity contribution in [3.8, 4) is 16.9 Å². The first-order valence-electron chi connectivity index (χ1n) is 6.78. The van der Waals surface area contributed by atoms with Crippen molar-refractivity contribution in [3.05, 3.63) is 65.2 Å². The number of fused-ring (bicyclic) bond motifs is 1. The lowest BCUT2D eigenvalue weighted by Gasteiger charge is -2.08. The van der Waals surface area contributed by atoms with Crippen molar-refractivity contribution in [1.29, 1.82) is 0 Å². The second kappa shape index (κ2) is 5.76. The zero-order valence-electron chi connectivity index (χ0n) is 11.8. The molecule has 2 nitrogen and oxygen atoms in total. The summed E-state index contributed by atoms with van der Waals surface area (Å²) in [6.45, 7) is 0.455. The molecule has 3 heteroatoms. The van der Waals surface area contributed by atoms with E-state index in [9.17, 15) is 0 Å². The van der Waals surface area contributed by atoms with Crippen LogP contribution in [0, 0.1) is 0 Å². The monoisotopic (exact) mass is 297 g/mol. The minimum absolute atomic E-state index is 0.455. The molecule has 3 aromatic rings. The van der Waals surface area contributed by atoms with Gasteiger partial charge in [0, 0.05) is 11.6 Å². The molecule has 0 heterocycles. The highest BCUT2D eigenvalue weighted by molar-refractivity contribution is 6.31.